The Hall–Kier alpha value is -2.01. The van der Waals surface area contributed by atoms with Crippen LogP contribution in [-0.4, -0.2) is 40.1 Å². The van der Waals surface area contributed by atoms with Crippen molar-refractivity contribution in [1.29, 1.82) is 0 Å². The monoisotopic (exact) mass is 356 g/mol. The number of rotatable bonds is 3. The van der Waals surface area contributed by atoms with E-state index in [-0.39, 0.29) is 17.5 Å². The van der Waals surface area contributed by atoms with Gasteiger partial charge < -0.3 is 10.2 Å². The highest BCUT2D eigenvalue weighted by atomic mass is 32.2. The number of anilines is 2. The van der Waals surface area contributed by atoms with E-state index in [2.05, 4.69) is 60.7 Å². The lowest BCUT2D eigenvalue weighted by molar-refractivity contribution is 0.559. The van der Waals surface area contributed by atoms with Crippen LogP contribution in [0.4, 0.5) is 11.4 Å². The molecule has 2 aromatic rings. The van der Waals surface area contributed by atoms with Crippen molar-refractivity contribution < 1.29 is 8.42 Å². The Balaban J connectivity index is 1.68. The first-order valence-corrected chi connectivity index (χ1v) is 10.6. The van der Waals surface area contributed by atoms with E-state index in [1.54, 1.807) is 0 Å². The summed E-state index contributed by atoms with van der Waals surface area (Å²) in [5.41, 5.74) is 7.62. The molecule has 0 unspecified atom stereocenters. The van der Waals surface area contributed by atoms with Gasteiger partial charge in [-0.3, -0.25) is 0 Å². The van der Waals surface area contributed by atoms with Crippen LogP contribution in [-0.2, 0) is 16.3 Å². The molecule has 25 heavy (non-hydrogen) atoms. The molecule has 1 aliphatic carbocycles. The Labute approximate surface area is 149 Å². The quantitative estimate of drug-likeness (QED) is 0.782. The Morgan fingerprint density at radius 3 is 2.44 bits per heavy atom. The van der Waals surface area contributed by atoms with Gasteiger partial charge in [0.2, 0.25) is 0 Å². The van der Waals surface area contributed by atoms with Gasteiger partial charge in [0.15, 0.2) is 0 Å². The lowest BCUT2D eigenvalue weighted by atomic mass is 10.0. The lowest BCUT2D eigenvalue weighted by Crippen LogP contribution is -2.32. The van der Waals surface area contributed by atoms with E-state index < -0.39 is 9.84 Å². The second kappa shape index (κ2) is 6.06. The average Bonchev–Trinajstić information content (AvgIpc) is 2.93. The predicted octanol–water partition coefficient (Wildman–Crippen LogP) is 3.31. The van der Waals surface area contributed by atoms with Gasteiger partial charge in [-0.25, -0.2) is 8.42 Å². The van der Waals surface area contributed by atoms with Gasteiger partial charge in [-0.05, 0) is 53.6 Å². The summed E-state index contributed by atoms with van der Waals surface area (Å²) in [5.74, 6) is 0.575. The van der Waals surface area contributed by atoms with Gasteiger partial charge in [0.25, 0.3) is 0 Å². The Kier molecular flexibility index (Phi) is 3.99. The van der Waals surface area contributed by atoms with Gasteiger partial charge in [0.1, 0.15) is 9.84 Å². The third kappa shape index (κ3) is 3.13. The summed E-state index contributed by atoms with van der Waals surface area (Å²) in [6, 6.07) is 13.3. The highest BCUT2D eigenvalue weighted by Crippen LogP contribution is 2.42. The summed E-state index contributed by atoms with van der Waals surface area (Å²) in [6.45, 7) is 0. The van der Waals surface area contributed by atoms with Crippen LogP contribution in [0.3, 0.4) is 0 Å². The minimum atomic E-state index is -2.83. The van der Waals surface area contributed by atoms with Crippen molar-refractivity contribution >= 4 is 21.2 Å². The van der Waals surface area contributed by atoms with Crippen LogP contribution in [0.25, 0.3) is 11.1 Å². The fourth-order valence-electron chi connectivity index (χ4n) is 3.91. The zero-order chi connectivity index (χ0) is 17.6. The number of hydrogen-bond donors (Lipinski definition) is 1. The van der Waals surface area contributed by atoms with Crippen molar-refractivity contribution in [3.63, 3.8) is 0 Å². The third-order valence-electron chi connectivity index (χ3n) is 5.31. The molecular formula is C20H24N2O2S. The zero-order valence-corrected chi connectivity index (χ0v) is 15.6. The molecule has 4 nitrogen and oxygen atoms in total. The van der Waals surface area contributed by atoms with Crippen molar-refractivity contribution in [3.8, 4) is 11.1 Å². The molecule has 0 amide bonds. The van der Waals surface area contributed by atoms with Gasteiger partial charge in [0, 0.05) is 20.1 Å². The molecule has 4 rings (SSSR count). The molecule has 0 spiro atoms. The number of sulfone groups is 1. The van der Waals surface area contributed by atoms with Crippen LogP contribution in [0.15, 0.2) is 36.4 Å². The molecule has 0 radical (unpaired) electrons. The van der Waals surface area contributed by atoms with Crippen LogP contribution in [0.2, 0.25) is 0 Å². The maximum atomic E-state index is 11.7. The first kappa shape index (κ1) is 16.5. The van der Waals surface area contributed by atoms with E-state index in [1.807, 2.05) is 0 Å². The minimum Gasteiger partial charge on any atom is -0.381 e. The molecule has 5 heteroatoms. The number of benzene rings is 2. The van der Waals surface area contributed by atoms with E-state index in [9.17, 15) is 8.42 Å². The fourth-order valence-corrected chi connectivity index (χ4v) is 5.40. The molecule has 2 aromatic carbocycles. The first-order valence-electron chi connectivity index (χ1n) is 8.82. The Morgan fingerprint density at radius 2 is 1.72 bits per heavy atom. The molecule has 1 heterocycles. The smallest absolute Gasteiger partial charge is 0.150 e. The normalized spacial score (nSPS) is 18.5. The average molecular weight is 356 g/mol. The summed E-state index contributed by atoms with van der Waals surface area (Å²) in [5, 5.41) is 3.62. The van der Waals surface area contributed by atoms with E-state index in [0.29, 0.717) is 12.8 Å². The van der Waals surface area contributed by atoms with Gasteiger partial charge in [0.05, 0.1) is 22.9 Å². The summed E-state index contributed by atoms with van der Waals surface area (Å²) >= 11 is 0. The van der Waals surface area contributed by atoms with E-state index in [1.165, 1.54) is 27.9 Å². The van der Waals surface area contributed by atoms with Crippen LogP contribution < -0.4 is 10.2 Å². The number of hydrogen-bond acceptors (Lipinski definition) is 4. The van der Waals surface area contributed by atoms with Crippen molar-refractivity contribution in [3.05, 3.63) is 47.5 Å². The van der Waals surface area contributed by atoms with Crippen molar-refractivity contribution in [1.82, 2.24) is 0 Å². The standard InChI is InChI=1S/C20H24N2O2S/c1-22(2)20-12-15-11-14-5-3-4-6-17(14)18(15)13-19(20)21-16-7-9-25(23,24)10-8-16/h3-6,12-13,16,21H,7-11H2,1-2H3. The largest absolute Gasteiger partial charge is 0.381 e. The summed E-state index contributed by atoms with van der Waals surface area (Å²) < 4.78 is 23.4. The highest BCUT2D eigenvalue weighted by Gasteiger charge is 2.26. The molecule has 2 aliphatic rings. The number of nitrogens with zero attached hydrogens (tertiary/aromatic N) is 1. The molecule has 0 saturated carbocycles. The summed E-state index contributed by atoms with van der Waals surface area (Å²) in [7, 11) is 1.28. The molecule has 0 aromatic heterocycles. The number of fused-ring (bicyclic) bond motifs is 3. The molecule has 1 saturated heterocycles. The topological polar surface area (TPSA) is 49.4 Å². The summed E-state index contributed by atoms with van der Waals surface area (Å²) in [4.78, 5) is 2.13. The number of nitrogens with one attached hydrogen (secondary N) is 1. The van der Waals surface area contributed by atoms with Crippen LogP contribution >= 0.6 is 0 Å². The second-order valence-corrected chi connectivity index (χ2v) is 9.63. The maximum Gasteiger partial charge on any atom is 0.150 e. The van der Waals surface area contributed by atoms with Crippen molar-refractivity contribution in [2.45, 2.75) is 25.3 Å². The van der Waals surface area contributed by atoms with E-state index in [4.69, 9.17) is 0 Å². The Morgan fingerprint density at radius 1 is 1.00 bits per heavy atom. The van der Waals surface area contributed by atoms with Crippen LogP contribution in [0.1, 0.15) is 24.0 Å². The van der Waals surface area contributed by atoms with E-state index >= 15 is 0 Å². The second-order valence-electron chi connectivity index (χ2n) is 7.33. The molecule has 0 bridgehead atoms. The Bertz CT molecular complexity index is 905. The van der Waals surface area contributed by atoms with Gasteiger partial charge >= 0.3 is 0 Å². The van der Waals surface area contributed by atoms with Crippen LogP contribution in [0.5, 0.6) is 0 Å². The molecule has 0 atom stereocenters. The van der Waals surface area contributed by atoms with E-state index in [0.717, 1.165) is 12.1 Å². The summed E-state index contributed by atoms with van der Waals surface area (Å²) in [6.07, 6.45) is 2.35. The predicted molar refractivity (Wildman–Crippen MR) is 104 cm³/mol. The van der Waals surface area contributed by atoms with Gasteiger partial charge in [-0.1, -0.05) is 24.3 Å². The molecule has 1 fully saturated rings. The molecule has 132 valence electrons. The molecular weight excluding hydrogens is 332 g/mol. The first-order chi connectivity index (χ1) is 11.9. The van der Waals surface area contributed by atoms with Crippen molar-refractivity contribution in [2.75, 3.05) is 35.8 Å². The fraction of sp³-hybridized carbons (Fsp3) is 0.400. The maximum absolute atomic E-state index is 11.7. The molecule has 1 N–H and O–H groups in total. The van der Waals surface area contributed by atoms with Crippen LogP contribution in [0, 0.1) is 0 Å². The third-order valence-corrected chi connectivity index (χ3v) is 7.02. The minimum absolute atomic E-state index is 0.219. The molecule has 1 aliphatic heterocycles. The zero-order valence-electron chi connectivity index (χ0n) is 14.7. The highest BCUT2D eigenvalue weighted by molar-refractivity contribution is 7.91. The lowest BCUT2D eigenvalue weighted by Gasteiger charge is -2.27. The van der Waals surface area contributed by atoms with Gasteiger partial charge in [-0.2, -0.15) is 0 Å². The van der Waals surface area contributed by atoms with Gasteiger partial charge in [-0.15, -0.1) is 0 Å². The SMILES string of the molecule is CN(C)c1cc2c(cc1NC1CCS(=O)(=O)CC1)-c1ccccc1C2. The van der Waals surface area contributed by atoms with Crippen molar-refractivity contribution in [2.24, 2.45) is 0 Å².